The number of piperazine rings is 1. The summed E-state index contributed by atoms with van der Waals surface area (Å²) < 4.78 is 0. The molecule has 0 unspecified atom stereocenters. The molecule has 1 fully saturated rings. The summed E-state index contributed by atoms with van der Waals surface area (Å²) >= 11 is 0. The Labute approximate surface area is 167 Å². The molecule has 1 heterocycles. The number of aliphatic hydroxyl groups excluding tert-OH is 1. The zero-order valence-corrected chi connectivity index (χ0v) is 16.7. The van der Waals surface area contributed by atoms with Gasteiger partial charge in [-0.25, -0.2) is 0 Å². The third kappa shape index (κ3) is 5.42. The van der Waals surface area contributed by atoms with E-state index in [0.29, 0.717) is 0 Å². The Morgan fingerprint density at radius 2 is 1.74 bits per heavy atom. The van der Waals surface area contributed by atoms with Gasteiger partial charge in [-0.15, -0.1) is 12.4 Å². The third-order valence-corrected chi connectivity index (χ3v) is 4.91. The molecule has 5 heteroatoms. The molecule has 144 valence electrons. The van der Waals surface area contributed by atoms with Crippen molar-refractivity contribution in [2.45, 2.75) is 6.92 Å². The Morgan fingerprint density at radius 1 is 1.07 bits per heavy atom. The second-order valence-electron chi connectivity index (χ2n) is 6.87. The summed E-state index contributed by atoms with van der Waals surface area (Å²) in [5, 5.41) is 8.78. The number of benzene rings is 2. The number of likely N-dealkylation sites (N-methyl/N-ethyl adjacent to an activating group) is 1. The predicted octanol–water partition coefficient (Wildman–Crippen LogP) is 3.41. The first-order valence-electron chi connectivity index (χ1n) is 9.03. The van der Waals surface area contributed by atoms with Crippen LogP contribution in [0, 0.1) is 6.92 Å². The van der Waals surface area contributed by atoms with Crippen LogP contribution in [0.2, 0.25) is 0 Å². The molecule has 0 aliphatic carbocycles. The fourth-order valence-electron chi connectivity index (χ4n) is 3.27. The van der Waals surface area contributed by atoms with Crippen molar-refractivity contribution in [3.8, 4) is 11.1 Å². The molecule has 2 aromatic rings. The maximum absolute atomic E-state index is 11.2. The number of halogens is 1. The molecule has 4 nitrogen and oxygen atoms in total. The number of aliphatic hydroxyl groups is 1. The highest BCUT2D eigenvalue weighted by Crippen LogP contribution is 2.27. The highest BCUT2D eigenvalue weighted by Gasteiger charge is 2.14. The largest absolute Gasteiger partial charge is 0.388 e. The molecule has 1 N–H and O–H groups in total. The lowest BCUT2D eigenvalue weighted by molar-refractivity contribution is -0.117. The van der Waals surface area contributed by atoms with E-state index >= 15 is 0 Å². The SMILES string of the molecule is Cc1cc(/C=C/C(=O)CO)ccc1-c1ccc(N2CCN(C)CC2)cc1.Cl. The van der Waals surface area contributed by atoms with Crippen molar-refractivity contribution >= 4 is 30.0 Å². The van der Waals surface area contributed by atoms with Crippen molar-refractivity contribution in [1.29, 1.82) is 0 Å². The van der Waals surface area contributed by atoms with Gasteiger partial charge in [-0.3, -0.25) is 4.79 Å². The molecule has 1 aliphatic rings. The van der Waals surface area contributed by atoms with Crippen molar-refractivity contribution in [2.24, 2.45) is 0 Å². The second-order valence-corrected chi connectivity index (χ2v) is 6.87. The number of carbonyl (C=O) groups is 1. The molecule has 0 radical (unpaired) electrons. The van der Waals surface area contributed by atoms with E-state index < -0.39 is 6.61 Å². The fraction of sp³-hybridized carbons (Fsp3) is 0.318. The zero-order chi connectivity index (χ0) is 18.5. The normalized spacial score (nSPS) is 15.0. The number of nitrogens with zero attached hydrogens (tertiary/aromatic N) is 2. The lowest BCUT2D eigenvalue weighted by Gasteiger charge is -2.34. The molecule has 0 saturated carbocycles. The lowest BCUT2D eigenvalue weighted by Crippen LogP contribution is -2.44. The Hall–Kier alpha value is -2.14. The van der Waals surface area contributed by atoms with E-state index in [-0.39, 0.29) is 18.2 Å². The van der Waals surface area contributed by atoms with E-state index in [1.165, 1.54) is 22.9 Å². The van der Waals surface area contributed by atoms with Gasteiger partial charge in [0.1, 0.15) is 6.61 Å². The number of ketones is 1. The van der Waals surface area contributed by atoms with Crippen LogP contribution in [-0.2, 0) is 4.79 Å². The summed E-state index contributed by atoms with van der Waals surface area (Å²) in [6.45, 7) is 5.98. The monoisotopic (exact) mass is 386 g/mol. The molecule has 1 aliphatic heterocycles. The number of hydrogen-bond acceptors (Lipinski definition) is 4. The maximum Gasteiger partial charge on any atom is 0.181 e. The van der Waals surface area contributed by atoms with E-state index in [1.54, 1.807) is 6.08 Å². The first kappa shape index (κ1) is 21.2. The van der Waals surface area contributed by atoms with Crippen LogP contribution in [-0.4, -0.2) is 55.6 Å². The van der Waals surface area contributed by atoms with Gasteiger partial charge in [-0.1, -0.05) is 36.4 Å². The Morgan fingerprint density at radius 3 is 2.33 bits per heavy atom. The van der Waals surface area contributed by atoms with Gasteiger partial charge in [0, 0.05) is 31.9 Å². The molecule has 0 bridgehead atoms. The van der Waals surface area contributed by atoms with Crippen molar-refractivity contribution in [3.05, 3.63) is 59.7 Å². The smallest absolute Gasteiger partial charge is 0.181 e. The number of anilines is 1. The van der Waals surface area contributed by atoms with Crippen LogP contribution in [0.4, 0.5) is 5.69 Å². The number of carbonyl (C=O) groups excluding carboxylic acids is 1. The van der Waals surface area contributed by atoms with Crippen molar-refractivity contribution in [3.63, 3.8) is 0 Å². The van der Waals surface area contributed by atoms with E-state index in [9.17, 15) is 4.79 Å². The maximum atomic E-state index is 11.2. The number of rotatable bonds is 5. The summed E-state index contributed by atoms with van der Waals surface area (Å²) in [5.74, 6) is -0.286. The quantitative estimate of drug-likeness (QED) is 0.800. The second kappa shape index (κ2) is 9.70. The van der Waals surface area contributed by atoms with Crippen LogP contribution in [0.25, 0.3) is 17.2 Å². The third-order valence-electron chi connectivity index (χ3n) is 4.91. The molecule has 2 aromatic carbocycles. The van der Waals surface area contributed by atoms with Crippen LogP contribution in [0.15, 0.2) is 48.5 Å². The van der Waals surface area contributed by atoms with Gasteiger partial charge in [-0.2, -0.15) is 0 Å². The highest BCUT2D eigenvalue weighted by molar-refractivity contribution is 5.94. The van der Waals surface area contributed by atoms with Crippen LogP contribution < -0.4 is 4.90 Å². The highest BCUT2D eigenvalue weighted by atomic mass is 35.5. The standard InChI is InChI=1S/C22H26N2O2.ClH/c1-17-15-18(3-9-21(26)16-25)4-10-22(17)19-5-7-20(8-6-19)24-13-11-23(2)12-14-24;/h3-10,15,25H,11-14,16H2,1-2H3;1H/b9-3+;. The topological polar surface area (TPSA) is 43.8 Å². The van der Waals surface area contributed by atoms with Crippen LogP contribution in [0.5, 0.6) is 0 Å². The molecule has 27 heavy (non-hydrogen) atoms. The van der Waals surface area contributed by atoms with Gasteiger partial charge in [0.2, 0.25) is 0 Å². The summed E-state index contributed by atoms with van der Waals surface area (Å²) in [7, 11) is 2.17. The summed E-state index contributed by atoms with van der Waals surface area (Å²) in [6, 6.07) is 14.9. The summed E-state index contributed by atoms with van der Waals surface area (Å²) in [5.41, 5.74) is 5.79. The van der Waals surface area contributed by atoms with Crippen LogP contribution in [0.3, 0.4) is 0 Å². The minimum atomic E-state index is -0.451. The predicted molar refractivity (Wildman–Crippen MR) is 115 cm³/mol. The molecule has 3 rings (SSSR count). The van der Waals surface area contributed by atoms with Gasteiger partial charge in [0.05, 0.1) is 0 Å². The first-order chi connectivity index (χ1) is 12.6. The van der Waals surface area contributed by atoms with Gasteiger partial charge < -0.3 is 14.9 Å². The van der Waals surface area contributed by atoms with Crippen molar-refractivity contribution in [1.82, 2.24) is 4.90 Å². The Bertz CT molecular complexity index is 794. The number of hydrogen-bond donors (Lipinski definition) is 1. The van der Waals surface area contributed by atoms with Gasteiger partial charge in [0.25, 0.3) is 0 Å². The molecule has 0 aromatic heterocycles. The molecule has 0 atom stereocenters. The van der Waals surface area contributed by atoms with E-state index in [0.717, 1.165) is 37.3 Å². The van der Waals surface area contributed by atoms with Gasteiger partial charge >= 0.3 is 0 Å². The average Bonchev–Trinajstić information content (AvgIpc) is 2.67. The van der Waals surface area contributed by atoms with Gasteiger partial charge in [-0.05, 0) is 54.4 Å². The zero-order valence-electron chi connectivity index (χ0n) is 15.9. The molecular formula is C22H27ClN2O2. The van der Waals surface area contributed by atoms with E-state index in [1.807, 2.05) is 6.07 Å². The summed E-state index contributed by atoms with van der Waals surface area (Å²) in [6.07, 6.45) is 3.16. The van der Waals surface area contributed by atoms with E-state index in [4.69, 9.17) is 5.11 Å². The minimum absolute atomic E-state index is 0. The molecule has 1 saturated heterocycles. The molecule has 0 spiro atoms. The van der Waals surface area contributed by atoms with Crippen LogP contribution in [0.1, 0.15) is 11.1 Å². The fourth-order valence-corrected chi connectivity index (χ4v) is 3.27. The minimum Gasteiger partial charge on any atom is -0.388 e. The Balaban J connectivity index is 0.00000261. The van der Waals surface area contributed by atoms with Crippen molar-refractivity contribution in [2.75, 3.05) is 44.7 Å². The Kier molecular flexibility index (Phi) is 7.60. The van der Waals surface area contributed by atoms with E-state index in [2.05, 4.69) is 60.2 Å². The molecule has 0 amide bonds. The number of aryl methyl sites for hydroxylation is 1. The average molecular weight is 387 g/mol. The van der Waals surface area contributed by atoms with Crippen LogP contribution >= 0.6 is 12.4 Å². The lowest BCUT2D eigenvalue weighted by atomic mass is 9.98. The summed E-state index contributed by atoms with van der Waals surface area (Å²) in [4.78, 5) is 16.0. The molecular weight excluding hydrogens is 360 g/mol. The van der Waals surface area contributed by atoms with Gasteiger partial charge in [0.15, 0.2) is 5.78 Å². The first-order valence-corrected chi connectivity index (χ1v) is 9.03. The van der Waals surface area contributed by atoms with Crippen molar-refractivity contribution < 1.29 is 9.90 Å².